The quantitative estimate of drug-likeness (QED) is 0.0974. The number of aromatic nitrogens is 3. The van der Waals surface area contributed by atoms with Crippen molar-refractivity contribution in [2.45, 2.75) is 73.1 Å². The van der Waals surface area contributed by atoms with E-state index in [-0.39, 0.29) is 23.9 Å². The normalized spacial score (nSPS) is 13.9. The molecule has 1 aliphatic rings. The van der Waals surface area contributed by atoms with E-state index in [1.165, 1.54) is 4.79 Å². The number of hydrogen-bond acceptors (Lipinski definition) is 10. The lowest BCUT2D eigenvalue weighted by Gasteiger charge is -2.33. The minimum atomic E-state index is -1.81. The lowest BCUT2D eigenvalue weighted by atomic mass is 9.72. The summed E-state index contributed by atoms with van der Waals surface area (Å²) < 4.78 is 27.8. The van der Waals surface area contributed by atoms with Gasteiger partial charge in [0, 0.05) is 18.2 Å². The molecule has 4 aromatic rings. The van der Waals surface area contributed by atoms with Gasteiger partial charge in [-0.25, -0.2) is 9.98 Å². The number of fused-ring (bicyclic) bond motifs is 1. The number of anilines is 2. The molecular formula is C39H45N9O3S. The van der Waals surface area contributed by atoms with Gasteiger partial charge in [-0.15, -0.1) is 9.89 Å². The molecule has 0 saturated heterocycles. The van der Waals surface area contributed by atoms with E-state index in [1.807, 2.05) is 68.4 Å². The summed E-state index contributed by atoms with van der Waals surface area (Å²) in [7, 11) is 0. The Labute approximate surface area is 308 Å². The highest BCUT2D eigenvalue weighted by Crippen LogP contribution is 2.38. The van der Waals surface area contributed by atoms with Crippen LogP contribution in [0.15, 0.2) is 76.8 Å². The van der Waals surface area contributed by atoms with Crippen LogP contribution in [0, 0.1) is 35.0 Å². The van der Waals surface area contributed by atoms with Gasteiger partial charge in [0.15, 0.2) is 5.82 Å². The molecule has 1 aliphatic heterocycles. The maximum Gasteiger partial charge on any atom is 0.316 e. The molecule has 52 heavy (non-hydrogen) atoms. The molecule has 0 radical (unpaired) electrons. The molecule has 0 spiro atoms. The lowest BCUT2D eigenvalue weighted by molar-refractivity contribution is 0.284. The van der Waals surface area contributed by atoms with Crippen LogP contribution in [-0.2, 0) is 23.1 Å². The van der Waals surface area contributed by atoms with Crippen LogP contribution in [0.5, 0.6) is 11.5 Å². The van der Waals surface area contributed by atoms with Gasteiger partial charge in [-0.3, -0.25) is 4.72 Å². The first-order valence-corrected chi connectivity index (χ1v) is 18.2. The third-order valence-electron chi connectivity index (χ3n) is 8.37. The predicted octanol–water partition coefficient (Wildman–Crippen LogP) is 7.59. The van der Waals surface area contributed by atoms with Crippen molar-refractivity contribution in [3.63, 3.8) is 0 Å². The van der Waals surface area contributed by atoms with Gasteiger partial charge in [0.25, 0.3) is 0 Å². The minimum absolute atomic E-state index is 0.0687. The second-order valence-electron chi connectivity index (χ2n) is 14.6. The van der Waals surface area contributed by atoms with E-state index >= 15 is 0 Å². The van der Waals surface area contributed by atoms with Gasteiger partial charge in [-0.05, 0) is 91.1 Å². The molecule has 3 aromatic carbocycles. The molecule has 270 valence electrons. The first-order valence-electron chi connectivity index (χ1n) is 17.2. The Morgan fingerprint density at radius 2 is 1.71 bits per heavy atom. The van der Waals surface area contributed by atoms with Crippen molar-refractivity contribution in [2.75, 3.05) is 29.3 Å². The van der Waals surface area contributed by atoms with Crippen molar-refractivity contribution >= 4 is 39.8 Å². The van der Waals surface area contributed by atoms with E-state index in [2.05, 4.69) is 67.7 Å². The summed E-state index contributed by atoms with van der Waals surface area (Å²) in [6, 6.07) is 24.9. The van der Waals surface area contributed by atoms with Crippen molar-refractivity contribution in [3.05, 3.63) is 89.5 Å². The fourth-order valence-electron chi connectivity index (χ4n) is 6.23. The molecule has 1 aromatic heterocycles. The zero-order valence-electron chi connectivity index (χ0n) is 30.8. The third kappa shape index (κ3) is 9.83. The van der Waals surface area contributed by atoms with E-state index < -0.39 is 11.3 Å². The zero-order valence-corrected chi connectivity index (χ0v) is 31.6. The Morgan fingerprint density at radius 3 is 2.40 bits per heavy atom. The number of aryl methyl sites for hydroxylation is 2. The van der Waals surface area contributed by atoms with Crippen molar-refractivity contribution in [3.8, 4) is 23.6 Å². The first kappa shape index (κ1) is 37.7. The Kier molecular flexibility index (Phi) is 11.8. The summed E-state index contributed by atoms with van der Waals surface area (Å²) in [6.07, 6.45) is 2.23. The molecule has 13 heteroatoms. The number of nitrogens with one attached hydrogen (secondary N) is 1. The molecule has 0 amide bonds. The standard InChI is InChI=1S/C39H45N9O3S/c1-27-13-14-29(39(6,7)26-38(3,4)5)24-34(27)51-52(49)46-31-10-8-11-33(25-31)50-23-9-12-35-43-37-36(28(2)44-48(37)45-35)42-30-15-17-32(18-16-30)47(21-19-40)22-20-41/h8,10-11,13-18,24-25,46H,9,12,21-23,26H2,1-7H3. The molecule has 12 nitrogen and oxygen atoms in total. The molecule has 1 N–H and O–H groups in total. The van der Waals surface area contributed by atoms with Gasteiger partial charge in [0.2, 0.25) is 5.82 Å². The number of nitrogens with zero attached hydrogens (tertiary/aromatic N) is 8. The van der Waals surface area contributed by atoms with Gasteiger partial charge in [-0.2, -0.15) is 19.8 Å². The van der Waals surface area contributed by atoms with Gasteiger partial charge < -0.3 is 13.8 Å². The molecule has 2 heterocycles. The molecule has 0 bridgehead atoms. The number of hydrogen-bond donors (Lipinski definition) is 1. The number of aliphatic imine (C=N–C) groups is 1. The van der Waals surface area contributed by atoms with Crippen LogP contribution in [0.2, 0.25) is 0 Å². The van der Waals surface area contributed by atoms with Crippen LogP contribution in [0.1, 0.15) is 77.2 Å². The SMILES string of the molecule is CC1=Nn2nc(CCCOc3cccc(NS(=O)Oc4cc(C(C)(C)CC(C)(C)C)ccc4C)c3)nc2C1=Nc1ccc(N(CC#N)CC#N)cc1. The smallest absolute Gasteiger partial charge is 0.316 e. The number of ether oxygens (including phenoxy) is 1. The summed E-state index contributed by atoms with van der Waals surface area (Å²) in [4.78, 5) is 12.6. The van der Waals surface area contributed by atoms with E-state index in [4.69, 9.17) is 29.4 Å². The second kappa shape index (κ2) is 16.2. The second-order valence-corrected chi connectivity index (χ2v) is 15.4. The van der Waals surface area contributed by atoms with E-state index in [0.717, 1.165) is 23.2 Å². The number of nitriles is 2. The summed E-state index contributed by atoms with van der Waals surface area (Å²) in [5, 5.41) is 27.1. The van der Waals surface area contributed by atoms with Crippen LogP contribution in [0.3, 0.4) is 0 Å². The molecule has 1 atom stereocenters. The maximum atomic E-state index is 13.0. The van der Waals surface area contributed by atoms with E-state index in [9.17, 15) is 4.21 Å². The summed E-state index contributed by atoms with van der Waals surface area (Å²) in [5.74, 6) is 2.42. The molecule has 0 aliphatic carbocycles. The molecule has 0 saturated carbocycles. The van der Waals surface area contributed by atoms with E-state index in [0.29, 0.717) is 65.4 Å². The highest BCUT2D eigenvalue weighted by molar-refractivity contribution is 7.82. The third-order valence-corrected chi connectivity index (χ3v) is 9.10. The predicted molar refractivity (Wildman–Crippen MR) is 206 cm³/mol. The largest absolute Gasteiger partial charge is 0.494 e. The highest BCUT2D eigenvalue weighted by atomic mass is 32.2. The highest BCUT2D eigenvalue weighted by Gasteiger charge is 2.28. The monoisotopic (exact) mass is 719 g/mol. The summed E-state index contributed by atoms with van der Waals surface area (Å²) in [5.41, 5.74) is 5.56. The Morgan fingerprint density at radius 1 is 0.981 bits per heavy atom. The topological polar surface area (TPSA) is 154 Å². The van der Waals surface area contributed by atoms with Crippen LogP contribution in [-0.4, -0.2) is 50.2 Å². The van der Waals surface area contributed by atoms with Gasteiger partial charge in [0.05, 0.1) is 35.8 Å². The van der Waals surface area contributed by atoms with Gasteiger partial charge in [-0.1, -0.05) is 52.8 Å². The van der Waals surface area contributed by atoms with Crippen molar-refractivity contribution in [2.24, 2.45) is 15.5 Å². The summed E-state index contributed by atoms with van der Waals surface area (Å²) in [6.45, 7) is 15.6. The van der Waals surface area contributed by atoms with Crippen molar-refractivity contribution in [1.29, 1.82) is 10.5 Å². The van der Waals surface area contributed by atoms with Crippen molar-refractivity contribution < 1.29 is 13.1 Å². The van der Waals surface area contributed by atoms with Crippen LogP contribution < -0.4 is 18.5 Å². The summed E-state index contributed by atoms with van der Waals surface area (Å²) >= 11 is -1.81. The Bertz CT molecular complexity index is 2050. The molecule has 1 unspecified atom stereocenters. The van der Waals surface area contributed by atoms with Crippen LogP contribution in [0.25, 0.3) is 0 Å². The fourth-order valence-corrected chi connectivity index (χ4v) is 6.94. The lowest BCUT2D eigenvalue weighted by Crippen LogP contribution is -2.25. The molecular weight excluding hydrogens is 675 g/mol. The average Bonchev–Trinajstić information content (AvgIpc) is 3.60. The maximum absolute atomic E-state index is 13.0. The molecule has 0 fully saturated rings. The zero-order chi connectivity index (χ0) is 37.5. The Hall–Kier alpha value is -5.53. The number of rotatable bonds is 15. The average molecular weight is 720 g/mol. The fraction of sp³-hybridized carbons (Fsp3) is 0.385. The minimum Gasteiger partial charge on any atom is -0.494 e. The molecule has 5 rings (SSSR count). The van der Waals surface area contributed by atoms with Crippen LogP contribution in [0.4, 0.5) is 17.1 Å². The number of benzene rings is 3. The Balaban J connectivity index is 1.14. The van der Waals surface area contributed by atoms with E-state index in [1.54, 1.807) is 11.0 Å². The van der Waals surface area contributed by atoms with Crippen LogP contribution >= 0.6 is 0 Å². The van der Waals surface area contributed by atoms with Gasteiger partial charge >= 0.3 is 11.3 Å². The first-order chi connectivity index (χ1) is 24.7. The van der Waals surface area contributed by atoms with Crippen molar-refractivity contribution in [1.82, 2.24) is 14.9 Å². The van der Waals surface area contributed by atoms with Gasteiger partial charge in [0.1, 0.15) is 30.3 Å².